The number of benzene rings is 1. The van der Waals surface area contributed by atoms with Gasteiger partial charge in [0.2, 0.25) is 5.95 Å². The van der Waals surface area contributed by atoms with Crippen LogP contribution >= 0.6 is 0 Å². The third-order valence-electron chi connectivity index (χ3n) is 5.21. The molecule has 0 bridgehead atoms. The highest BCUT2D eigenvalue weighted by Gasteiger charge is 2.30. The Kier molecular flexibility index (Phi) is 7.67. The summed E-state index contributed by atoms with van der Waals surface area (Å²) < 4.78 is 38.5. The summed E-state index contributed by atoms with van der Waals surface area (Å²) in [4.78, 5) is 25.1. The van der Waals surface area contributed by atoms with Crippen LogP contribution in [0.1, 0.15) is 30.5 Å². The van der Waals surface area contributed by atoms with Crippen LogP contribution in [0, 0.1) is 0 Å². The van der Waals surface area contributed by atoms with Crippen LogP contribution in [0.3, 0.4) is 0 Å². The number of carbonyl (C=O) groups is 1. The molecule has 1 aromatic heterocycles. The molecule has 10 heteroatoms. The average molecular weight is 436 g/mol. The van der Waals surface area contributed by atoms with Crippen molar-refractivity contribution in [2.24, 2.45) is 0 Å². The highest BCUT2D eigenvalue weighted by atomic mass is 19.4. The number of rotatable bonds is 7. The number of anilines is 1. The molecule has 2 heterocycles. The molecule has 0 radical (unpaired) electrons. The average Bonchev–Trinajstić information content (AvgIpc) is 2.77. The first-order valence-electron chi connectivity index (χ1n) is 10.3. The van der Waals surface area contributed by atoms with Gasteiger partial charge in [0, 0.05) is 45.1 Å². The van der Waals surface area contributed by atoms with Crippen LogP contribution in [0.25, 0.3) is 0 Å². The molecule has 1 fully saturated rings. The second kappa shape index (κ2) is 10.4. The predicted octanol–water partition coefficient (Wildman–Crippen LogP) is 3.07. The summed E-state index contributed by atoms with van der Waals surface area (Å²) in [5.74, 6) is 0.746. The van der Waals surface area contributed by atoms with Crippen molar-refractivity contribution >= 4 is 12.0 Å². The van der Waals surface area contributed by atoms with Crippen molar-refractivity contribution in [1.82, 2.24) is 25.5 Å². The van der Waals surface area contributed by atoms with Crippen molar-refractivity contribution in [1.29, 1.82) is 0 Å². The quantitative estimate of drug-likeness (QED) is 0.653. The molecule has 1 aliphatic heterocycles. The molecule has 2 aromatic rings. The van der Waals surface area contributed by atoms with E-state index >= 15 is 0 Å². The minimum Gasteiger partial charge on any atom is -0.338 e. The second-order valence-corrected chi connectivity index (χ2v) is 7.48. The lowest BCUT2D eigenvalue weighted by molar-refractivity contribution is -0.137. The molecule has 1 aliphatic rings. The van der Waals surface area contributed by atoms with E-state index < -0.39 is 23.8 Å². The van der Waals surface area contributed by atoms with E-state index in [2.05, 4.69) is 30.4 Å². The number of carbonyl (C=O) groups excluding carboxylic acids is 1. The molecular weight excluding hydrogens is 409 g/mol. The lowest BCUT2D eigenvalue weighted by Gasteiger charge is -2.34. The molecule has 168 valence electrons. The number of alkyl halides is 3. The van der Waals surface area contributed by atoms with Crippen molar-refractivity contribution < 1.29 is 18.0 Å². The molecule has 31 heavy (non-hydrogen) atoms. The molecule has 2 amide bonds. The maximum absolute atomic E-state index is 12.8. The van der Waals surface area contributed by atoms with E-state index in [1.165, 1.54) is 6.07 Å². The molecule has 1 unspecified atom stereocenters. The van der Waals surface area contributed by atoms with Crippen LogP contribution in [0.15, 0.2) is 42.7 Å². The van der Waals surface area contributed by atoms with Gasteiger partial charge in [0.25, 0.3) is 0 Å². The first kappa shape index (κ1) is 22.8. The second-order valence-electron chi connectivity index (χ2n) is 7.48. The number of halogens is 3. The van der Waals surface area contributed by atoms with E-state index in [-0.39, 0.29) is 0 Å². The molecule has 2 N–H and O–H groups in total. The molecule has 1 aromatic carbocycles. The Morgan fingerprint density at radius 1 is 1.13 bits per heavy atom. The lowest BCUT2D eigenvalue weighted by Crippen LogP contribution is -2.47. The largest absolute Gasteiger partial charge is 0.416 e. The third kappa shape index (κ3) is 6.81. The number of aromatic nitrogens is 2. The Morgan fingerprint density at radius 3 is 2.52 bits per heavy atom. The van der Waals surface area contributed by atoms with Crippen LogP contribution in [0.5, 0.6) is 0 Å². The topological polar surface area (TPSA) is 73.4 Å². The van der Waals surface area contributed by atoms with Gasteiger partial charge in [-0.2, -0.15) is 13.2 Å². The normalized spacial score (nSPS) is 16.1. The molecule has 7 nitrogen and oxygen atoms in total. The minimum absolute atomic E-state index is 0.393. The maximum Gasteiger partial charge on any atom is 0.416 e. The van der Waals surface area contributed by atoms with Crippen LogP contribution in [-0.2, 0) is 6.18 Å². The summed E-state index contributed by atoms with van der Waals surface area (Å²) >= 11 is 0. The van der Waals surface area contributed by atoms with Gasteiger partial charge >= 0.3 is 12.2 Å². The van der Waals surface area contributed by atoms with E-state index in [9.17, 15) is 18.0 Å². The van der Waals surface area contributed by atoms with Crippen molar-refractivity contribution in [3.63, 3.8) is 0 Å². The SMILES string of the molecule is CC(NC(=O)NCCCN1CCN(c2ncccn2)CC1)c1cccc(C(F)(F)F)c1. The predicted molar refractivity (Wildman–Crippen MR) is 112 cm³/mol. The Labute approximate surface area is 179 Å². The molecule has 1 atom stereocenters. The number of urea groups is 1. The van der Waals surface area contributed by atoms with Gasteiger partial charge in [-0.15, -0.1) is 0 Å². The monoisotopic (exact) mass is 436 g/mol. The van der Waals surface area contributed by atoms with Gasteiger partial charge in [-0.25, -0.2) is 14.8 Å². The van der Waals surface area contributed by atoms with Crippen molar-refractivity contribution in [2.75, 3.05) is 44.2 Å². The Hall–Kier alpha value is -2.88. The third-order valence-corrected chi connectivity index (χ3v) is 5.21. The lowest BCUT2D eigenvalue weighted by atomic mass is 10.1. The summed E-state index contributed by atoms with van der Waals surface area (Å²) in [6, 6.07) is 5.86. The smallest absolute Gasteiger partial charge is 0.338 e. The molecular formula is C21H27F3N6O. The molecule has 0 aliphatic carbocycles. The van der Waals surface area contributed by atoms with Crippen molar-refractivity contribution in [3.8, 4) is 0 Å². The minimum atomic E-state index is -4.41. The summed E-state index contributed by atoms with van der Waals surface area (Å²) in [5.41, 5.74) is -0.316. The summed E-state index contributed by atoms with van der Waals surface area (Å²) in [7, 11) is 0. The van der Waals surface area contributed by atoms with E-state index in [1.54, 1.807) is 31.5 Å². The fraction of sp³-hybridized carbons (Fsp3) is 0.476. The van der Waals surface area contributed by atoms with E-state index in [0.29, 0.717) is 12.1 Å². The number of nitrogens with zero attached hydrogens (tertiary/aromatic N) is 4. The Balaban J connectivity index is 1.34. The summed E-state index contributed by atoms with van der Waals surface area (Å²) in [5, 5.41) is 5.46. The highest BCUT2D eigenvalue weighted by Crippen LogP contribution is 2.30. The van der Waals surface area contributed by atoms with Gasteiger partial charge in [-0.1, -0.05) is 12.1 Å². The molecule has 1 saturated heterocycles. The Morgan fingerprint density at radius 2 is 1.84 bits per heavy atom. The zero-order chi connectivity index (χ0) is 22.3. The highest BCUT2D eigenvalue weighted by molar-refractivity contribution is 5.74. The molecule has 0 spiro atoms. The number of hydrogen-bond acceptors (Lipinski definition) is 5. The Bertz CT molecular complexity index is 841. The van der Waals surface area contributed by atoms with E-state index in [1.807, 2.05) is 0 Å². The van der Waals surface area contributed by atoms with Crippen LogP contribution < -0.4 is 15.5 Å². The van der Waals surface area contributed by atoms with Crippen molar-refractivity contribution in [2.45, 2.75) is 25.6 Å². The standard InChI is InChI=1S/C21H27F3N6O/c1-16(17-5-2-6-18(15-17)21(22,23)24)28-20(31)27-9-4-10-29-11-13-30(14-12-29)19-25-7-3-8-26-19/h2-3,5-8,15-16H,4,9-14H2,1H3,(H2,27,28,31). The number of hydrogen-bond donors (Lipinski definition) is 2. The number of amides is 2. The van der Waals surface area contributed by atoms with Gasteiger partial charge in [0.05, 0.1) is 11.6 Å². The fourth-order valence-electron chi connectivity index (χ4n) is 3.45. The zero-order valence-corrected chi connectivity index (χ0v) is 17.4. The first-order chi connectivity index (χ1) is 14.8. The van der Waals surface area contributed by atoms with Crippen LogP contribution in [0.4, 0.5) is 23.9 Å². The summed E-state index contributed by atoms with van der Waals surface area (Å²) in [6.45, 7) is 6.51. The fourth-order valence-corrected chi connectivity index (χ4v) is 3.45. The summed E-state index contributed by atoms with van der Waals surface area (Å²) in [6.07, 6.45) is -0.149. The first-order valence-corrected chi connectivity index (χ1v) is 10.3. The van der Waals surface area contributed by atoms with Gasteiger partial charge in [0.1, 0.15) is 0 Å². The van der Waals surface area contributed by atoms with Crippen LogP contribution in [0.2, 0.25) is 0 Å². The zero-order valence-electron chi connectivity index (χ0n) is 17.4. The van der Waals surface area contributed by atoms with E-state index in [4.69, 9.17) is 0 Å². The molecule has 0 saturated carbocycles. The van der Waals surface area contributed by atoms with E-state index in [0.717, 1.165) is 57.2 Å². The van der Waals surface area contributed by atoms with Gasteiger partial charge in [0.15, 0.2) is 0 Å². The molecule has 3 rings (SSSR count). The van der Waals surface area contributed by atoms with Gasteiger partial charge in [-0.05, 0) is 43.7 Å². The number of nitrogens with one attached hydrogen (secondary N) is 2. The van der Waals surface area contributed by atoms with Crippen LogP contribution in [-0.4, -0.2) is 60.2 Å². The van der Waals surface area contributed by atoms with Crippen molar-refractivity contribution in [3.05, 3.63) is 53.9 Å². The number of piperazine rings is 1. The van der Waals surface area contributed by atoms with Gasteiger partial charge in [-0.3, -0.25) is 4.90 Å². The van der Waals surface area contributed by atoms with Gasteiger partial charge < -0.3 is 15.5 Å². The maximum atomic E-state index is 12.8.